The van der Waals surface area contributed by atoms with Crippen LogP contribution in [-0.4, -0.2) is 35.9 Å². The minimum atomic E-state index is -0.624. The number of amides is 2. The van der Waals surface area contributed by atoms with E-state index in [0.717, 1.165) is 38.5 Å². The van der Waals surface area contributed by atoms with Gasteiger partial charge in [0.15, 0.2) is 0 Å². The molecule has 5 heteroatoms. The Morgan fingerprint density at radius 3 is 2.22 bits per heavy atom. The van der Waals surface area contributed by atoms with Crippen LogP contribution in [0.5, 0.6) is 0 Å². The molecule has 4 N–H and O–H groups in total. The van der Waals surface area contributed by atoms with E-state index >= 15 is 0 Å². The lowest BCUT2D eigenvalue weighted by Crippen LogP contribution is -2.59. The Labute approximate surface area is 110 Å². The summed E-state index contributed by atoms with van der Waals surface area (Å²) in [6.07, 6.45) is 7.18. The molecule has 0 atom stereocenters. The summed E-state index contributed by atoms with van der Waals surface area (Å²) in [5.41, 5.74) is 5.14. The van der Waals surface area contributed by atoms with Gasteiger partial charge in [-0.05, 0) is 19.8 Å². The highest BCUT2D eigenvalue weighted by Crippen LogP contribution is 2.26. The van der Waals surface area contributed by atoms with Crippen LogP contribution < -0.4 is 11.1 Å². The van der Waals surface area contributed by atoms with Crippen molar-refractivity contribution in [2.45, 2.75) is 57.4 Å². The molecule has 1 saturated carbocycles. The Hall–Kier alpha value is -1.26. The molecule has 0 radical (unpaired) electrons. The first-order chi connectivity index (χ1) is 8.52. The maximum atomic E-state index is 12.0. The summed E-state index contributed by atoms with van der Waals surface area (Å²) in [5, 5.41) is 10.8. The number of urea groups is 1. The average molecular weight is 254 g/mol. The highest BCUT2D eigenvalue weighted by molar-refractivity contribution is 5.91. The van der Waals surface area contributed by atoms with Crippen molar-refractivity contribution in [2.75, 3.05) is 13.6 Å². The van der Waals surface area contributed by atoms with Gasteiger partial charge < -0.3 is 16.0 Å². The zero-order valence-corrected chi connectivity index (χ0v) is 11.6. The number of hydrogen-bond donors (Lipinski definition) is 3. The lowest BCUT2D eigenvalue weighted by molar-refractivity contribution is 0.197. The normalized spacial score (nSPS) is 19.4. The number of rotatable bonds is 3. The second-order valence-corrected chi connectivity index (χ2v) is 5.21. The third-order valence-electron chi connectivity index (χ3n) is 3.89. The molecule has 0 unspecified atom stereocenters. The Morgan fingerprint density at radius 2 is 1.78 bits per heavy atom. The number of amidine groups is 1. The van der Waals surface area contributed by atoms with Crippen molar-refractivity contribution < 1.29 is 4.79 Å². The molecule has 1 rings (SSSR count). The molecule has 0 aromatic heterocycles. The Bertz CT molecular complexity index is 295. The molecule has 5 nitrogen and oxygen atoms in total. The van der Waals surface area contributed by atoms with Crippen molar-refractivity contribution in [1.29, 1.82) is 5.41 Å². The van der Waals surface area contributed by atoms with Crippen LogP contribution in [0.15, 0.2) is 0 Å². The largest absolute Gasteiger partial charge is 0.386 e. The van der Waals surface area contributed by atoms with Gasteiger partial charge in [0, 0.05) is 13.6 Å². The third kappa shape index (κ3) is 3.62. The predicted molar refractivity (Wildman–Crippen MR) is 73.8 cm³/mol. The summed E-state index contributed by atoms with van der Waals surface area (Å²) >= 11 is 0. The molecule has 1 fully saturated rings. The number of nitrogens with one attached hydrogen (secondary N) is 2. The first-order valence-electron chi connectivity index (χ1n) is 6.89. The molecule has 104 valence electrons. The highest BCUT2D eigenvalue weighted by Gasteiger charge is 2.35. The van der Waals surface area contributed by atoms with Crippen LogP contribution in [0.1, 0.15) is 51.9 Å². The molecule has 0 aromatic rings. The predicted octanol–water partition coefficient (Wildman–Crippen LogP) is 2.07. The molecule has 0 saturated heterocycles. The molecule has 0 bridgehead atoms. The van der Waals surface area contributed by atoms with Crippen LogP contribution in [0.2, 0.25) is 0 Å². The van der Waals surface area contributed by atoms with Gasteiger partial charge in [0.05, 0.1) is 5.54 Å². The third-order valence-corrected chi connectivity index (χ3v) is 3.89. The summed E-state index contributed by atoms with van der Waals surface area (Å²) < 4.78 is 0. The zero-order chi connectivity index (χ0) is 13.6. The second-order valence-electron chi connectivity index (χ2n) is 5.21. The van der Waals surface area contributed by atoms with E-state index < -0.39 is 5.54 Å². The van der Waals surface area contributed by atoms with Gasteiger partial charge in [-0.1, -0.05) is 32.1 Å². The van der Waals surface area contributed by atoms with Crippen LogP contribution in [0.25, 0.3) is 0 Å². The molecular formula is C13H26N4O. The highest BCUT2D eigenvalue weighted by atomic mass is 16.2. The van der Waals surface area contributed by atoms with Crippen molar-refractivity contribution in [1.82, 2.24) is 10.2 Å². The molecule has 1 aliphatic rings. The minimum Gasteiger partial charge on any atom is -0.386 e. The van der Waals surface area contributed by atoms with Crippen molar-refractivity contribution in [2.24, 2.45) is 5.73 Å². The van der Waals surface area contributed by atoms with Gasteiger partial charge in [0.25, 0.3) is 0 Å². The van der Waals surface area contributed by atoms with E-state index in [1.165, 1.54) is 6.42 Å². The van der Waals surface area contributed by atoms with E-state index in [-0.39, 0.29) is 11.9 Å². The fraction of sp³-hybridized carbons (Fsp3) is 0.846. The van der Waals surface area contributed by atoms with Gasteiger partial charge in [-0.3, -0.25) is 5.41 Å². The van der Waals surface area contributed by atoms with Crippen molar-refractivity contribution >= 4 is 11.9 Å². The van der Waals surface area contributed by atoms with Crippen LogP contribution in [0.3, 0.4) is 0 Å². The van der Waals surface area contributed by atoms with Gasteiger partial charge in [0.2, 0.25) is 0 Å². The number of nitrogens with two attached hydrogens (primary N) is 1. The van der Waals surface area contributed by atoms with E-state index in [1.54, 1.807) is 11.9 Å². The standard InChI is InChI=1S/C13H26N4O/c1-3-17(2)12(18)16-13(11(14)15)9-7-5-4-6-8-10-13/h3-10H2,1-2H3,(H3,14,15)(H,16,18). The summed E-state index contributed by atoms with van der Waals surface area (Å²) in [5.74, 6) is 0.0993. The topological polar surface area (TPSA) is 82.2 Å². The van der Waals surface area contributed by atoms with Gasteiger partial charge in [-0.2, -0.15) is 0 Å². The number of carbonyl (C=O) groups excluding carboxylic acids is 1. The molecule has 2 amide bonds. The first-order valence-corrected chi connectivity index (χ1v) is 6.89. The Balaban J connectivity index is 2.77. The summed E-state index contributed by atoms with van der Waals surface area (Å²) in [7, 11) is 1.76. The molecule has 18 heavy (non-hydrogen) atoms. The van der Waals surface area contributed by atoms with Crippen molar-refractivity contribution in [3.8, 4) is 0 Å². The van der Waals surface area contributed by atoms with Crippen LogP contribution in [-0.2, 0) is 0 Å². The van der Waals surface area contributed by atoms with Gasteiger partial charge in [-0.15, -0.1) is 0 Å². The van der Waals surface area contributed by atoms with Gasteiger partial charge in [-0.25, -0.2) is 4.79 Å². The smallest absolute Gasteiger partial charge is 0.317 e. The monoisotopic (exact) mass is 254 g/mol. The molecule has 0 spiro atoms. The Morgan fingerprint density at radius 1 is 1.28 bits per heavy atom. The maximum Gasteiger partial charge on any atom is 0.317 e. The van der Waals surface area contributed by atoms with E-state index in [1.807, 2.05) is 6.92 Å². The number of carbonyl (C=O) groups is 1. The average Bonchev–Trinajstić information content (AvgIpc) is 2.31. The van der Waals surface area contributed by atoms with Crippen LogP contribution in [0, 0.1) is 5.41 Å². The fourth-order valence-electron chi connectivity index (χ4n) is 2.41. The van der Waals surface area contributed by atoms with E-state index in [4.69, 9.17) is 11.1 Å². The first kappa shape index (κ1) is 14.8. The quantitative estimate of drug-likeness (QED) is 0.532. The molecular weight excluding hydrogens is 228 g/mol. The lowest BCUT2D eigenvalue weighted by atomic mass is 9.83. The Kier molecular flexibility index (Phi) is 5.44. The zero-order valence-electron chi connectivity index (χ0n) is 11.6. The molecule has 0 aromatic carbocycles. The van der Waals surface area contributed by atoms with Crippen LogP contribution in [0.4, 0.5) is 4.79 Å². The SMILES string of the molecule is CCN(C)C(=O)NC1(C(=N)N)CCCCCCC1. The second kappa shape index (κ2) is 6.61. The van der Waals surface area contributed by atoms with Crippen LogP contribution >= 0.6 is 0 Å². The summed E-state index contributed by atoms with van der Waals surface area (Å²) in [4.78, 5) is 13.6. The molecule has 0 aliphatic heterocycles. The van der Waals surface area contributed by atoms with E-state index in [9.17, 15) is 4.79 Å². The van der Waals surface area contributed by atoms with Crippen molar-refractivity contribution in [3.05, 3.63) is 0 Å². The molecule has 1 aliphatic carbocycles. The summed E-state index contributed by atoms with van der Waals surface area (Å²) in [6.45, 7) is 2.58. The maximum absolute atomic E-state index is 12.0. The lowest BCUT2D eigenvalue weighted by Gasteiger charge is -2.36. The van der Waals surface area contributed by atoms with E-state index in [2.05, 4.69) is 5.32 Å². The summed E-state index contributed by atoms with van der Waals surface area (Å²) in [6, 6.07) is -0.131. The fourth-order valence-corrected chi connectivity index (χ4v) is 2.41. The number of nitrogens with zero attached hydrogens (tertiary/aromatic N) is 1. The minimum absolute atomic E-state index is 0.0993. The van der Waals surface area contributed by atoms with Gasteiger partial charge >= 0.3 is 6.03 Å². The molecule has 0 heterocycles. The van der Waals surface area contributed by atoms with Crippen molar-refractivity contribution in [3.63, 3.8) is 0 Å². The van der Waals surface area contributed by atoms with E-state index in [0.29, 0.717) is 6.54 Å². The van der Waals surface area contributed by atoms with Gasteiger partial charge in [0.1, 0.15) is 5.84 Å². The number of hydrogen-bond acceptors (Lipinski definition) is 2.